The highest BCUT2D eigenvalue weighted by atomic mass is 16.1. The van der Waals surface area contributed by atoms with Gasteiger partial charge in [-0.25, -0.2) is 9.97 Å². The summed E-state index contributed by atoms with van der Waals surface area (Å²) in [6.07, 6.45) is 2.08. The summed E-state index contributed by atoms with van der Waals surface area (Å²) in [6.45, 7) is 4.69. The lowest BCUT2D eigenvalue weighted by Gasteiger charge is -2.08. The van der Waals surface area contributed by atoms with Gasteiger partial charge in [-0.15, -0.1) is 0 Å². The van der Waals surface area contributed by atoms with Crippen molar-refractivity contribution < 1.29 is 4.79 Å². The summed E-state index contributed by atoms with van der Waals surface area (Å²) in [5, 5.41) is 14.8. The second kappa shape index (κ2) is 7.90. The van der Waals surface area contributed by atoms with Crippen LogP contribution in [0.15, 0.2) is 30.3 Å². The third kappa shape index (κ3) is 4.78. The van der Waals surface area contributed by atoms with Gasteiger partial charge < -0.3 is 10.6 Å². The molecule has 0 aliphatic carbocycles. The molecular formula is C17H19N5O. The van der Waals surface area contributed by atoms with Crippen molar-refractivity contribution >= 4 is 17.5 Å². The predicted octanol–water partition coefficient (Wildman–Crippen LogP) is 3.12. The monoisotopic (exact) mass is 309 g/mol. The Morgan fingerprint density at radius 2 is 2.13 bits per heavy atom. The number of carbonyl (C=O) groups excluding carboxylic acids is 1. The van der Waals surface area contributed by atoms with Gasteiger partial charge in [0.2, 0.25) is 5.95 Å². The minimum Gasteiger partial charge on any atom is -0.354 e. The normalized spacial score (nSPS) is 9.96. The van der Waals surface area contributed by atoms with E-state index >= 15 is 0 Å². The van der Waals surface area contributed by atoms with Gasteiger partial charge in [-0.1, -0.05) is 19.4 Å². The van der Waals surface area contributed by atoms with Gasteiger partial charge in [0.1, 0.15) is 5.69 Å². The van der Waals surface area contributed by atoms with E-state index in [0.717, 1.165) is 25.1 Å². The van der Waals surface area contributed by atoms with E-state index in [1.54, 1.807) is 30.3 Å². The number of nitrogens with zero attached hydrogens (tertiary/aromatic N) is 3. The summed E-state index contributed by atoms with van der Waals surface area (Å²) in [5.41, 5.74) is 2.06. The molecule has 6 nitrogen and oxygen atoms in total. The number of benzene rings is 1. The predicted molar refractivity (Wildman–Crippen MR) is 89.3 cm³/mol. The van der Waals surface area contributed by atoms with Gasteiger partial charge in [0.05, 0.1) is 11.6 Å². The summed E-state index contributed by atoms with van der Waals surface area (Å²) in [5.74, 6) is 0.124. The van der Waals surface area contributed by atoms with Crippen LogP contribution in [-0.4, -0.2) is 22.4 Å². The number of anilines is 2. The first-order chi connectivity index (χ1) is 11.1. The van der Waals surface area contributed by atoms with Gasteiger partial charge in [-0.2, -0.15) is 5.26 Å². The first-order valence-corrected chi connectivity index (χ1v) is 7.53. The lowest BCUT2D eigenvalue weighted by atomic mass is 10.2. The number of aromatic nitrogens is 2. The van der Waals surface area contributed by atoms with Crippen LogP contribution < -0.4 is 10.6 Å². The van der Waals surface area contributed by atoms with Crippen molar-refractivity contribution in [2.24, 2.45) is 0 Å². The molecule has 1 heterocycles. The lowest BCUT2D eigenvalue weighted by Crippen LogP contribution is -2.16. The van der Waals surface area contributed by atoms with Crippen molar-refractivity contribution in [3.63, 3.8) is 0 Å². The van der Waals surface area contributed by atoms with Crippen LogP contribution in [0.4, 0.5) is 11.6 Å². The zero-order valence-corrected chi connectivity index (χ0v) is 13.3. The molecule has 0 bridgehead atoms. The number of carbonyl (C=O) groups is 1. The molecule has 0 unspecified atom stereocenters. The topological polar surface area (TPSA) is 90.7 Å². The van der Waals surface area contributed by atoms with Gasteiger partial charge in [0, 0.05) is 17.9 Å². The molecule has 1 aromatic heterocycles. The molecule has 0 spiro atoms. The van der Waals surface area contributed by atoms with Gasteiger partial charge in [0.25, 0.3) is 5.91 Å². The Balaban J connectivity index is 2.13. The maximum absolute atomic E-state index is 12.3. The van der Waals surface area contributed by atoms with E-state index in [2.05, 4.69) is 27.5 Å². The molecule has 23 heavy (non-hydrogen) atoms. The van der Waals surface area contributed by atoms with Gasteiger partial charge in [0.15, 0.2) is 0 Å². The maximum Gasteiger partial charge on any atom is 0.274 e. The highest BCUT2D eigenvalue weighted by molar-refractivity contribution is 6.03. The Labute approximate surface area is 135 Å². The summed E-state index contributed by atoms with van der Waals surface area (Å²) in [4.78, 5) is 20.9. The first kappa shape index (κ1) is 16.4. The van der Waals surface area contributed by atoms with E-state index in [1.165, 1.54) is 0 Å². The van der Waals surface area contributed by atoms with Crippen molar-refractivity contribution in [1.29, 1.82) is 5.26 Å². The Bertz CT molecular complexity index is 736. The van der Waals surface area contributed by atoms with Crippen LogP contribution in [0.5, 0.6) is 0 Å². The van der Waals surface area contributed by atoms with E-state index < -0.39 is 0 Å². The molecule has 0 aliphatic heterocycles. The van der Waals surface area contributed by atoms with Crippen LogP contribution in [0, 0.1) is 18.3 Å². The minimum absolute atomic E-state index is 0.291. The van der Waals surface area contributed by atoms with Crippen molar-refractivity contribution in [2.75, 3.05) is 17.2 Å². The zero-order valence-electron chi connectivity index (χ0n) is 13.3. The lowest BCUT2D eigenvalue weighted by molar-refractivity contribution is 0.102. The largest absolute Gasteiger partial charge is 0.354 e. The number of nitriles is 1. The Morgan fingerprint density at radius 1 is 1.30 bits per heavy atom. The van der Waals surface area contributed by atoms with E-state index in [4.69, 9.17) is 5.26 Å². The standard InChI is InChI=1S/C17H19N5O/c1-3-4-8-19-17-20-12(2)9-15(22-17)16(23)21-14-7-5-6-13(10-14)11-18/h5-7,9-10H,3-4,8H2,1-2H3,(H,21,23)(H,19,20,22). The van der Waals surface area contributed by atoms with Crippen molar-refractivity contribution in [1.82, 2.24) is 9.97 Å². The van der Waals surface area contributed by atoms with Crippen LogP contribution in [0.1, 0.15) is 41.5 Å². The van der Waals surface area contributed by atoms with Crippen LogP contribution >= 0.6 is 0 Å². The molecular weight excluding hydrogens is 290 g/mol. The Hall–Kier alpha value is -2.94. The number of hydrogen-bond acceptors (Lipinski definition) is 5. The molecule has 0 saturated carbocycles. The molecule has 2 aromatic rings. The molecule has 2 rings (SSSR count). The van der Waals surface area contributed by atoms with Gasteiger partial charge in [-0.05, 0) is 37.6 Å². The third-order valence-corrected chi connectivity index (χ3v) is 3.15. The number of rotatable bonds is 6. The molecule has 118 valence electrons. The molecule has 0 saturated heterocycles. The Kier molecular flexibility index (Phi) is 5.64. The van der Waals surface area contributed by atoms with E-state index in [1.807, 2.05) is 13.0 Å². The second-order valence-corrected chi connectivity index (χ2v) is 5.15. The number of unbranched alkanes of at least 4 members (excludes halogenated alkanes) is 1. The number of hydrogen-bond donors (Lipinski definition) is 2. The number of aryl methyl sites for hydroxylation is 1. The summed E-state index contributed by atoms with van der Waals surface area (Å²) < 4.78 is 0. The van der Waals surface area contributed by atoms with E-state index in [-0.39, 0.29) is 5.91 Å². The van der Waals surface area contributed by atoms with Crippen LogP contribution in [-0.2, 0) is 0 Å². The SMILES string of the molecule is CCCCNc1nc(C)cc(C(=O)Nc2cccc(C#N)c2)n1. The molecule has 0 aliphatic rings. The van der Waals surface area contributed by atoms with Crippen molar-refractivity contribution in [3.8, 4) is 6.07 Å². The van der Waals surface area contributed by atoms with E-state index in [9.17, 15) is 4.79 Å². The fourth-order valence-corrected chi connectivity index (χ4v) is 2.00. The molecule has 1 amide bonds. The third-order valence-electron chi connectivity index (χ3n) is 3.15. The van der Waals surface area contributed by atoms with E-state index in [0.29, 0.717) is 22.9 Å². The molecule has 2 N–H and O–H groups in total. The summed E-state index contributed by atoms with van der Waals surface area (Å²) in [7, 11) is 0. The minimum atomic E-state index is -0.330. The van der Waals surface area contributed by atoms with Gasteiger partial charge >= 0.3 is 0 Å². The molecule has 0 atom stereocenters. The Morgan fingerprint density at radius 3 is 2.87 bits per heavy atom. The second-order valence-electron chi connectivity index (χ2n) is 5.15. The molecule has 0 radical (unpaired) electrons. The van der Waals surface area contributed by atoms with Crippen LogP contribution in [0.2, 0.25) is 0 Å². The van der Waals surface area contributed by atoms with Gasteiger partial charge in [-0.3, -0.25) is 4.79 Å². The molecule has 1 aromatic carbocycles. The van der Waals surface area contributed by atoms with Crippen molar-refractivity contribution in [3.05, 3.63) is 47.3 Å². The fraction of sp³-hybridized carbons (Fsp3) is 0.294. The highest BCUT2D eigenvalue weighted by Gasteiger charge is 2.11. The average molecular weight is 309 g/mol. The van der Waals surface area contributed by atoms with Crippen LogP contribution in [0.25, 0.3) is 0 Å². The van der Waals surface area contributed by atoms with Crippen molar-refractivity contribution in [2.45, 2.75) is 26.7 Å². The maximum atomic E-state index is 12.3. The highest BCUT2D eigenvalue weighted by Crippen LogP contribution is 2.12. The fourth-order valence-electron chi connectivity index (χ4n) is 2.00. The molecule has 6 heteroatoms. The summed E-state index contributed by atoms with van der Waals surface area (Å²) in [6, 6.07) is 10.4. The quantitative estimate of drug-likeness (QED) is 0.800. The first-order valence-electron chi connectivity index (χ1n) is 7.53. The zero-order chi connectivity index (χ0) is 16.7. The number of nitrogens with one attached hydrogen (secondary N) is 2. The van der Waals surface area contributed by atoms with Crippen LogP contribution in [0.3, 0.4) is 0 Å². The molecule has 0 fully saturated rings. The smallest absolute Gasteiger partial charge is 0.274 e. The average Bonchev–Trinajstić information content (AvgIpc) is 2.55. The number of amides is 1. The summed E-state index contributed by atoms with van der Waals surface area (Å²) >= 11 is 0.